The van der Waals surface area contributed by atoms with Crippen molar-refractivity contribution in [1.29, 1.82) is 0 Å². The first-order chi connectivity index (χ1) is 15.0. The van der Waals surface area contributed by atoms with Crippen LogP contribution in [0.4, 0.5) is 0 Å². The van der Waals surface area contributed by atoms with Crippen LogP contribution in [0, 0.1) is 0 Å². The third-order valence-electron chi connectivity index (χ3n) is 5.48. The van der Waals surface area contributed by atoms with Crippen LogP contribution in [0.15, 0.2) is 54.6 Å². The van der Waals surface area contributed by atoms with E-state index in [4.69, 9.17) is 4.74 Å². The predicted octanol–water partition coefficient (Wildman–Crippen LogP) is 1.42. The van der Waals surface area contributed by atoms with Gasteiger partial charge in [0.15, 0.2) is 6.61 Å². The van der Waals surface area contributed by atoms with Crippen LogP contribution >= 0.6 is 0 Å². The maximum atomic E-state index is 12.8. The summed E-state index contributed by atoms with van der Waals surface area (Å²) in [5.74, 6) is -0.705. The molecule has 2 aliphatic heterocycles. The van der Waals surface area contributed by atoms with Gasteiger partial charge in [-0.15, -0.1) is 0 Å². The van der Waals surface area contributed by atoms with Gasteiger partial charge in [-0.25, -0.2) is 0 Å². The summed E-state index contributed by atoms with van der Waals surface area (Å²) in [6.07, 6.45) is 0.616. The highest BCUT2D eigenvalue weighted by molar-refractivity contribution is 6.22. The lowest BCUT2D eigenvalue weighted by atomic mass is 10.1. The zero-order valence-corrected chi connectivity index (χ0v) is 17.0. The number of amides is 4. The number of hydrogen-bond acceptors (Lipinski definition) is 5. The molecule has 0 unspecified atom stereocenters. The normalized spacial score (nSPS) is 16.2. The Morgan fingerprint density at radius 3 is 1.90 bits per heavy atom. The van der Waals surface area contributed by atoms with E-state index in [9.17, 15) is 19.2 Å². The van der Waals surface area contributed by atoms with Crippen LogP contribution in [-0.4, -0.2) is 77.7 Å². The zero-order chi connectivity index (χ0) is 21.8. The summed E-state index contributed by atoms with van der Waals surface area (Å²) in [6.45, 7) is 1.35. The highest BCUT2D eigenvalue weighted by Crippen LogP contribution is 2.22. The van der Waals surface area contributed by atoms with Crippen LogP contribution < -0.4 is 4.74 Å². The number of benzene rings is 2. The molecule has 0 aromatic heterocycles. The molecule has 0 spiro atoms. The molecule has 0 aliphatic carbocycles. The predicted molar refractivity (Wildman–Crippen MR) is 112 cm³/mol. The number of carbonyl (C=O) groups is 4. The number of rotatable bonds is 5. The number of carbonyl (C=O) groups excluding carboxylic acids is 4. The minimum absolute atomic E-state index is 0.0625. The van der Waals surface area contributed by atoms with Crippen LogP contribution in [0.25, 0.3) is 0 Å². The summed E-state index contributed by atoms with van der Waals surface area (Å²) in [4.78, 5) is 54.5. The number of nitrogens with zero attached hydrogens (tertiary/aromatic N) is 3. The Bertz CT molecular complexity index is 972. The third kappa shape index (κ3) is 4.42. The molecule has 0 atom stereocenters. The van der Waals surface area contributed by atoms with Crippen molar-refractivity contribution < 1.29 is 23.9 Å². The summed E-state index contributed by atoms with van der Waals surface area (Å²) in [7, 11) is 0. The van der Waals surface area contributed by atoms with E-state index in [0.717, 1.165) is 4.90 Å². The number of imide groups is 1. The van der Waals surface area contributed by atoms with Crippen molar-refractivity contribution in [2.24, 2.45) is 0 Å². The first-order valence-corrected chi connectivity index (χ1v) is 10.2. The molecule has 0 bridgehead atoms. The number of para-hydroxylation sites is 1. The van der Waals surface area contributed by atoms with E-state index in [2.05, 4.69) is 0 Å². The molecule has 2 aliphatic rings. The number of fused-ring (bicyclic) bond motifs is 1. The molecule has 1 fully saturated rings. The van der Waals surface area contributed by atoms with E-state index >= 15 is 0 Å². The fourth-order valence-electron chi connectivity index (χ4n) is 3.79. The third-order valence-corrected chi connectivity index (χ3v) is 5.48. The molecule has 8 nitrogen and oxygen atoms in total. The molecule has 4 rings (SSSR count). The molecule has 4 amide bonds. The van der Waals surface area contributed by atoms with Crippen molar-refractivity contribution in [3.8, 4) is 5.75 Å². The maximum Gasteiger partial charge on any atom is 0.262 e. The Labute approximate surface area is 180 Å². The Kier molecular flexibility index (Phi) is 5.97. The maximum absolute atomic E-state index is 12.8. The van der Waals surface area contributed by atoms with E-state index in [1.165, 1.54) is 0 Å². The van der Waals surface area contributed by atoms with E-state index < -0.39 is 11.8 Å². The van der Waals surface area contributed by atoms with Crippen LogP contribution in [0.1, 0.15) is 27.1 Å². The van der Waals surface area contributed by atoms with Crippen LogP contribution in [0.2, 0.25) is 0 Å². The lowest BCUT2D eigenvalue weighted by Crippen LogP contribution is -2.44. The van der Waals surface area contributed by atoms with Gasteiger partial charge in [0.25, 0.3) is 17.7 Å². The molecular weight excluding hydrogens is 398 g/mol. The number of ether oxygens (including phenoxy) is 1. The summed E-state index contributed by atoms with van der Waals surface area (Å²) >= 11 is 0. The second kappa shape index (κ2) is 8.99. The highest BCUT2D eigenvalue weighted by atomic mass is 16.5. The molecule has 1 saturated heterocycles. The van der Waals surface area contributed by atoms with E-state index in [0.29, 0.717) is 49.5 Å². The highest BCUT2D eigenvalue weighted by Gasteiger charge is 2.37. The molecule has 8 heteroatoms. The SMILES string of the molecule is O=C(COc1ccccc1)N1CCCN(C(=O)CN2C(=O)c3ccccc3C2=O)CC1. The van der Waals surface area contributed by atoms with Crippen molar-refractivity contribution in [2.45, 2.75) is 6.42 Å². The largest absolute Gasteiger partial charge is 0.484 e. The van der Waals surface area contributed by atoms with Gasteiger partial charge < -0.3 is 14.5 Å². The summed E-state index contributed by atoms with van der Waals surface area (Å²) < 4.78 is 5.53. The first-order valence-electron chi connectivity index (χ1n) is 10.2. The first kappa shape index (κ1) is 20.6. The standard InChI is InChI=1S/C23H23N3O5/c27-20(15-26-22(29)18-9-4-5-10-19(18)23(26)30)24-11-6-12-25(14-13-24)21(28)16-31-17-7-2-1-3-8-17/h1-5,7-10H,6,11-16H2. The molecule has 31 heavy (non-hydrogen) atoms. The van der Waals surface area contributed by atoms with Gasteiger partial charge in [0, 0.05) is 26.2 Å². The van der Waals surface area contributed by atoms with Gasteiger partial charge in [-0.2, -0.15) is 0 Å². The fraction of sp³-hybridized carbons (Fsp3) is 0.304. The van der Waals surface area contributed by atoms with Crippen molar-refractivity contribution in [2.75, 3.05) is 39.3 Å². The lowest BCUT2D eigenvalue weighted by Gasteiger charge is -2.24. The van der Waals surface area contributed by atoms with Gasteiger partial charge in [-0.05, 0) is 30.7 Å². The zero-order valence-electron chi connectivity index (χ0n) is 17.0. The molecule has 0 saturated carbocycles. The quantitative estimate of drug-likeness (QED) is 0.682. The van der Waals surface area contributed by atoms with Gasteiger partial charge in [-0.1, -0.05) is 30.3 Å². The Morgan fingerprint density at radius 1 is 0.742 bits per heavy atom. The minimum Gasteiger partial charge on any atom is -0.484 e. The molecule has 2 heterocycles. The van der Waals surface area contributed by atoms with E-state index in [1.54, 1.807) is 46.2 Å². The average Bonchev–Trinajstić information content (AvgIpc) is 2.97. The minimum atomic E-state index is -0.446. The van der Waals surface area contributed by atoms with E-state index in [1.807, 2.05) is 18.2 Å². The van der Waals surface area contributed by atoms with Crippen LogP contribution in [-0.2, 0) is 9.59 Å². The smallest absolute Gasteiger partial charge is 0.262 e. The molecule has 0 radical (unpaired) electrons. The summed E-state index contributed by atoms with van der Waals surface area (Å²) in [5, 5.41) is 0. The molecule has 160 valence electrons. The van der Waals surface area contributed by atoms with Crippen LogP contribution in [0.5, 0.6) is 5.75 Å². The summed E-state index contributed by atoms with van der Waals surface area (Å²) in [6, 6.07) is 15.7. The average molecular weight is 421 g/mol. The van der Waals surface area contributed by atoms with Gasteiger partial charge in [0.2, 0.25) is 5.91 Å². The van der Waals surface area contributed by atoms with Gasteiger partial charge in [-0.3, -0.25) is 24.1 Å². The van der Waals surface area contributed by atoms with Gasteiger partial charge in [0.05, 0.1) is 11.1 Å². The summed E-state index contributed by atoms with van der Waals surface area (Å²) in [5.41, 5.74) is 0.651. The molecule has 2 aromatic carbocycles. The van der Waals surface area contributed by atoms with Crippen LogP contribution in [0.3, 0.4) is 0 Å². The number of hydrogen-bond donors (Lipinski definition) is 0. The van der Waals surface area contributed by atoms with Gasteiger partial charge in [0.1, 0.15) is 12.3 Å². The topological polar surface area (TPSA) is 87.2 Å². The Hall–Kier alpha value is -3.68. The monoisotopic (exact) mass is 421 g/mol. The van der Waals surface area contributed by atoms with Crippen molar-refractivity contribution in [3.05, 3.63) is 65.7 Å². The van der Waals surface area contributed by atoms with Gasteiger partial charge >= 0.3 is 0 Å². The Balaban J connectivity index is 1.30. The second-order valence-corrected chi connectivity index (χ2v) is 7.46. The van der Waals surface area contributed by atoms with Crippen molar-refractivity contribution in [3.63, 3.8) is 0 Å². The molecule has 0 N–H and O–H groups in total. The lowest BCUT2D eigenvalue weighted by molar-refractivity contribution is -0.134. The Morgan fingerprint density at radius 2 is 1.29 bits per heavy atom. The second-order valence-electron chi connectivity index (χ2n) is 7.46. The fourth-order valence-corrected chi connectivity index (χ4v) is 3.79. The van der Waals surface area contributed by atoms with Crippen molar-refractivity contribution in [1.82, 2.24) is 14.7 Å². The van der Waals surface area contributed by atoms with E-state index in [-0.39, 0.29) is 25.0 Å². The van der Waals surface area contributed by atoms with Crippen molar-refractivity contribution >= 4 is 23.6 Å². The molecule has 2 aromatic rings. The molecular formula is C23H23N3O5.